The molecule has 0 N–H and O–H groups in total. The van der Waals surface area contributed by atoms with E-state index in [9.17, 15) is 4.39 Å². The molecular formula is C12H18FN. The predicted molar refractivity (Wildman–Crippen MR) is 58.5 cm³/mol. The van der Waals surface area contributed by atoms with Crippen LogP contribution in [0.15, 0.2) is 36.3 Å². The molecule has 0 spiro atoms. The first-order valence-electron chi connectivity index (χ1n) is 5.08. The SMILES string of the molecule is C=C/C=C(\C=C(/C)F)N1CCCC1C. The molecule has 1 fully saturated rings. The summed E-state index contributed by atoms with van der Waals surface area (Å²) in [4.78, 5) is 2.23. The van der Waals surface area contributed by atoms with Gasteiger partial charge in [-0.3, -0.25) is 0 Å². The van der Waals surface area contributed by atoms with Crippen molar-refractivity contribution < 1.29 is 4.39 Å². The summed E-state index contributed by atoms with van der Waals surface area (Å²) < 4.78 is 12.8. The van der Waals surface area contributed by atoms with Crippen molar-refractivity contribution >= 4 is 0 Å². The van der Waals surface area contributed by atoms with Crippen LogP contribution in [0.3, 0.4) is 0 Å². The quantitative estimate of drug-likeness (QED) is 0.624. The van der Waals surface area contributed by atoms with Crippen molar-refractivity contribution in [2.45, 2.75) is 32.7 Å². The molecule has 1 atom stereocenters. The van der Waals surface area contributed by atoms with E-state index in [1.54, 1.807) is 12.2 Å². The van der Waals surface area contributed by atoms with Crippen LogP contribution in [-0.4, -0.2) is 17.5 Å². The first-order chi connectivity index (χ1) is 6.65. The lowest BCUT2D eigenvalue weighted by Gasteiger charge is -2.24. The Morgan fingerprint density at radius 1 is 1.57 bits per heavy atom. The molecule has 0 amide bonds. The van der Waals surface area contributed by atoms with E-state index in [2.05, 4.69) is 18.4 Å². The van der Waals surface area contributed by atoms with Crippen LogP contribution >= 0.6 is 0 Å². The van der Waals surface area contributed by atoms with Crippen molar-refractivity contribution in [3.05, 3.63) is 36.3 Å². The second kappa shape index (κ2) is 4.99. The third-order valence-electron chi connectivity index (χ3n) is 2.52. The fourth-order valence-electron chi connectivity index (χ4n) is 1.87. The molecule has 14 heavy (non-hydrogen) atoms. The van der Waals surface area contributed by atoms with Gasteiger partial charge < -0.3 is 4.90 Å². The van der Waals surface area contributed by atoms with Crippen molar-refractivity contribution in [1.29, 1.82) is 0 Å². The largest absolute Gasteiger partial charge is 0.369 e. The normalized spacial score (nSPS) is 24.2. The molecule has 0 aromatic rings. The van der Waals surface area contributed by atoms with Gasteiger partial charge in [-0.25, -0.2) is 4.39 Å². The van der Waals surface area contributed by atoms with Gasteiger partial charge in [-0.1, -0.05) is 12.7 Å². The lowest BCUT2D eigenvalue weighted by Crippen LogP contribution is -2.25. The first kappa shape index (κ1) is 11.0. The van der Waals surface area contributed by atoms with Crippen molar-refractivity contribution in [1.82, 2.24) is 4.90 Å². The van der Waals surface area contributed by atoms with Crippen LogP contribution in [0.2, 0.25) is 0 Å². The number of hydrogen-bond acceptors (Lipinski definition) is 1. The van der Waals surface area contributed by atoms with E-state index in [0.29, 0.717) is 6.04 Å². The second-order valence-electron chi connectivity index (χ2n) is 3.74. The van der Waals surface area contributed by atoms with Crippen LogP contribution in [0.1, 0.15) is 26.7 Å². The standard InChI is InChI=1S/C12H18FN/c1-4-6-12(9-10(2)13)14-8-5-7-11(14)3/h4,6,9,11H,1,5,7-8H2,2-3H3/b10-9+,12-6+. The van der Waals surface area contributed by atoms with Gasteiger partial charge >= 0.3 is 0 Å². The molecule has 2 heteroatoms. The van der Waals surface area contributed by atoms with Gasteiger partial charge in [-0.15, -0.1) is 0 Å². The highest BCUT2D eigenvalue weighted by molar-refractivity contribution is 5.24. The zero-order valence-electron chi connectivity index (χ0n) is 8.96. The van der Waals surface area contributed by atoms with Crippen LogP contribution < -0.4 is 0 Å². The van der Waals surface area contributed by atoms with E-state index >= 15 is 0 Å². The highest BCUT2D eigenvalue weighted by atomic mass is 19.1. The van der Waals surface area contributed by atoms with E-state index < -0.39 is 0 Å². The van der Waals surface area contributed by atoms with Crippen molar-refractivity contribution in [2.75, 3.05) is 6.54 Å². The summed E-state index contributed by atoms with van der Waals surface area (Å²) in [6.45, 7) is 8.31. The molecule has 1 heterocycles. The lowest BCUT2D eigenvalue weighted by atomic mass is 10.2. The molecule has 1 unspecified atom stereocenters. The molecule has 0 bridgehead atoms. The molecular weight excluding hydrogens is 177 g/mol. The highest BCUT2D eigenvalue weighted by Crippen LogP contribution is 2.23. The second-order valence-corrected chi connectivity index (χ2v) is 3.74. The Labute approximate surface area is 85.6 Å². The number of nitrogens with zero attached hydrogens (tertiary/aromatic N) is 1. The Balaban J connectivity index is 2.82. The molecule has 78 valence electrons. The highest BCUT2D eigenvalue weighted by Gasteiger charge is 2.20. The van der Waals surface area contributed by atoms with Gasteiger partial charge in [0.1, 0.15) is 0 Å². The van der Waals surface area contributed by atoms with Crippen LogP contribution in [0.4, 0.5) is 4.39 Å². The van der Waals surface area contributed by atoms with E-state index in [4.69, 9.17) is 0 Å². The van der Waals surface area contributed by atoms with Gasteiger partial charge in [0, 0.05) is 18.3 Å². The molecule has 1 saturated heterocycles. The van der Waals surface area contributed by atoms with Gasteiger partial charge in [0.25, 0.3) is 0 Å². The lowest BCUT2D eigenvalue weighted by molar-refractivity contribution is 0.349. The van der Waals surface area contributed by atoms with Crippen LogP contribution in [0.5, 0.6) is 0 Å². The summed E-state index contributed by atoms with van der Waals surface area (Å²) in [6.07, 6.45) is 7.52. The molecule has 0 aromatic carbocycles. The Morgan fingerprint density at radius 3 is 2.71 bits per heavy atom. The van der Waals surface area contributed by atoms with Crippen molar-refractivity contribution in [2.24, 2.45) is 0 Å². The molecule has 1 rings (SSSR count). The van der Waals surface area contributed by atoms with Gasteiger partial charge in [0.05, 0.1) is 5.83 Å². The maximum Gasteiger partial charge on any atom is 0.0989 e. The Morgan fingerprint density at radius 2 is 2.29 bits per heavy atom. The van der Waals surface area contributed by atoms with Crippen molar-refractivity contribution in [3.63, 3.8) is 0 Å². The third-order valence-corrected chi connectivity index (χ3v) is 2.52. The minimum Gasteiger partial charge on any atom is -0.369 e. The Hall–Kier alpha value is -1.05. The zero-order chi connectivity index (χ0) is 10.6. The zero-order valence-corrected chi connectivity index (χ0v) is 8.96. The molecule has 0 aromatic heterocycles. The summed E-state index contributed by atoms with van der Waals surface area (Å²) in [5.74, 6) is -0.155. The van der Waals surface area contributed by atoms with Gasteiger partial charge in [0.15, 0.2) is 0 Å². The molecule has 0 saturated carbocycles. The Kier molecular flexibility index (Phi) is 3.93. The first-order valence-corrected chi connectivity index (χ1v) is 5.08. The number of rotatable bonds is 3. The van der Waals surface area contributed by atoms with E-state index in [-0.39, 0.29) is 5.83 Å². The maximum absolute atomic E-state index is 12.8. The van der Waals surface area contributed by atoms with E-state index in [1.807, 2.05) is 6.08 Å². The summed E-state index contributed by atoms with van der Waals surface area (Å²) in [5.41, 5.74) is 0.935. The summed E-state index contributed by atoms with van der Waals surface area (Å²) in [7, 11) is 0. The number of allylic oxidation sites excluding steroid dienone is 4. The summed E-state index contributed by atoms with van der Waals surface area (Å²) >= 11 is 0. The minimum atomic E-state index is -0.155. The number of halogens is 1. The molecule has 0 radical (unpaired) electrons. The van der Waals surface area contributed by atoms with E-state index in [1.165, 1.54) is 19.8 Å². The molecule has 1 aliphatic rings. The Bertz CT molecular complexity index is 261. The fourth-order valence-corrected chi connectivity index (χ4v) is 1.87. The summed E-state index contributed by atoms with van der Waals surface area (Å²) in [5, 5.41) is 0. The van der Waals surface area contributed by atoms with Crippen LogP contribution in [-0.2, 0) is 0 Å². The average Bonchev–Trinajstić information content (AvgIpc) is 2.50. The smallest absolute Gasteiger partial charge is 0.0989 e. The maximum atomic E-state index is 12.8. The van der Waals surface area contributed by atoms with Gasteiger partial charge in [-0.2, -0.15) is 0 Å². The number of hydrogen-bond donors (Lipinski definition) is 0. The third kappa shape index (κ3) is 2.72. The van der Waals surface area contributed by atoms with Crippen LogP contribution in [0, 0.1) is 0 Å². The topological polar surface area (TPSA) is 3.24 Å². The fraction of sp³-hybridized carbons (Fsp3) is 0.500. The van der Waals surface area contributed by atoms with Gasteiger partial charge in [0.2, 0.25) is 0 Å². The monoisotopic (exact) mass is 195 g/mol. The minimum absolute atomic E-state index is 0.155. The van der Waals surface area contributed by atoms with Gasteiger partial charge in [-0.05, 0) is 38.8 Å². The van der Waals surface area contributed by atoms with E-state index in [0.717, 1.165) is 12.2 Å². The molecule has 1 aliphatic heterocycles. The van der Waals surface area contributed by atoms with Crippen molar-refractivity contribution in [3.8, 4) is 0 Å². The number of likely N-dealkylation sites (tertiary alicyclic amines) is 1. The molecule has 1 nitrogen and oxygen atoms in total. The average molecular weight is 195 g/mol. The molecule has 0 aliphatic carbocycles. The summed E-state index contributed by atoms with van der Waals surface area (Å²) in [6, 6.07) is 0.511. The van der Waals surface area contributed by atoms with Crippen LogP contribution in [0.25, 0.3) is 0 Å². The predicted octanol–water partition coefficient (Wildman–Crippen LogP) is 3.41.